The van der Waals surface area contributed by atoms with Crippen molar-refractivity contribution in [2.45, 2.75) is 33.5 Å². The molecule has 8 rings (SSSR count). The Morgan fingerprint density at radius 2 is 1.33 bits per heavy atom. The quantitative estimate of drug-likeness (QED) is 0.154. The molecule has 0 unspecified atom stereocenters. The minimum atomic E-state index is 0.881. The molecular formula is C38H31N+2. The van der Waals surface area contributed by atoms with Crippen LogP contribution >= 0.6 is 0 Å². The highest BCUT2D eigenvalue weighted by atomic mass is 15.3. The van der Waals surface area contributed by atoms with Gasteiger partial charge in [0.05, 0.1) is 16.0 Å². The van der Waals surface area contributed by atoms with Crippen LogP contribution in [-0.2, 0) is 19.6 Å². The number of benzene rings is 5. The predicted octanol–water partition coefficient (Wildman–Crippen LogP) is 7.33. The minimum absolute atomic E-state index is 0.881. The normalized spacial score (nSPS) is 16.6. The van der Waals surface area contributed by atoms with Crippen LogP contribution in [0.3, 0.4) is 0 Å². The summed E-state index contributed by atoms with van der Waals surface area (Å²) in [5.41, 5.74) is 12.7. The number of quaternary nitrogens is 1. The highest BCUT2D eigenvalue weighted by molar-refractivity contribution is 6.02. The van der Waals surface area contributed by atoms with Crippen molar-refractivity contribution in [2.75, 3.05) is 0 Å². The Morgan fingerprint density at radius 3 is 2.10 bits per heavy atom. The molecule has 5 aromatic rings. The molecule has 0 radical (unpaired) electrons. The highest BCUT2D eigenvalue weighted by Crippen LogP contribution is 2.46. The standard InChI is InChI=1S/C38H31N/c1-25-19-27-11-3-9-17-33(27)37-35(25)23-39(24-36-26(2)20-28-12-4-10-18-34(28)38(36)37)21-29-13-5-7-15-31(29)32-16-8-6-14-30(32)22-39/h3-20,23H,21-22,24H2,1-2H3/q+2. The fourth-order valence-corrected chi connectivity index (χ4v) is 7.37. The average molecular weight is 502 g/mol. The monoisotopic (exact) mass is 501 g/mol. The van der Waals surface area contributed by atoms with E-state index in [9.17, 15) is 0 Å². The van der Waals surface area contributed by atoms with Crippen molar-refractivity contribution in [3.05, 3.63) is 159 Å². The number of allylic oxidation sites excluding steroid dienone is 1. The number of aryl methyl sites for hydroxylation is 1. The molecule has 1 nitrogen and oxygen atoms in total. The molecule has 0 atom stereocenters. The second-order valence-corrected chi connectivity index (χ2v) is 11.6. The molecule has 0 amide bonds. The smallest absolute Gasteiger partial charge is 0.179 e. The minimum Gasteiger partial charge on any atom is -0.248 e. The van der Waals surface area contributed by atoms with Crippen molar-refractivity contribution in [1.82, 2.24) is 0 Å². The first-order valence-electron chi connectivity index (χ1n) is 14.0. The first-order valence-corrected chi connectivity index (χ1v) is 14.0. The first kappa shape index (κ1) is 22.6. The summed E-state index contributed by atoms with van der Waals surface area (Å²) >= 11 is 0. The van der Waals surface area contributed by atoms with Gasteiger partial charge in [0, 0.05) is 39.6 Å². The summed E-state index contributed by atoms with van der Waals surface area (Å²) in [5, 5.41) is 5.35. The van der Waals surface area contributed by atoms with Gasteiger partial charge in [-0.05, 0) is 48.1 Å². The molecule has 39 heavy (non-hydrogen) atoms. The van der Waals surface area contributed by atoms with Crippen molar-refractivity contribution >= 4 is 22.4 Å². The Balaban J connectivity index is 1.52. The van der Waals surface area contributed by atoms with Crippen molar-refractivity contribution < 1.29 is 4.48 Å². The second kappa shape index (κ2) is 8.33. The molecule has 1 aliphatic carbocycles. The number of rotatable bonds is 0. The van der Waals surface area contributed by atoms with E-state index < -0.39 is 0 Å². The number of nitrogens with zero attached hydrogens (tertiary/aromatic N) is 1. The molecule has 2 heterocycles. The van der Waals surface area contributed by atoms with Crippen LogP contribution in [0.4, 0.5) is 0 Å². The summed E-state index contributed by atoms with van der Waals surface area (Å²) < 4.78 is 0.881. The number of fused-ring (bicyclic) bond motifs is 9. The van der Waals surface area contributed by atoms with E-state index in [0.717, 1.165) is 24.1 Å². The van der Waals surface area contributed by atoms with Crippen molar-refractivity contribution in [2.24, 2.45) is 0 Å². The first-order chi connectivity index (χ1) is 19.1. The van der Waals surface area contributed by atoms with Crippen LogP contribution in [0.15, 0.2) is 115 Å². The van der Waals surface area contributed by atoms with Crippen LogP contribution in [0.1, 0.15) is 34.7 Å². The van der Waals surface area contributed by atoms with Gasteiger partial charge in [-0.3, -0.25) is 0 Å². The lowest BCUT2D eigenvalue weighted by Gasteiger charge is -2.32. The molecule has 1 spiro atoms. The van der Waals surface area contributed by atoms with Crippen LogP contribution < -0.4 is 10.4 Å². The van der Waals surface area contributed by atoms with E-state index in [0.29, 0.717) is 0 Å². The van der Waals surface area contributed by atoms with Gasteiger partial charge < -0.3 is 0 Å². The van der Waals surface area contributed by atoms with Gasteiger partial charge in [0.1, 0.15) is 19.6 Å². The zero-order valence-corrected chi connectivity index (χ0v) is 22.5. The maximum Gasteiger partial charge on any atom is 0.179 e. The van der Waals surface area contributed by atoms with Gasteiger partial charge in [-0.15, -0.1) is 0 Å². The number of hydrogen-bond acceptors (Lipinski definition) is 0. The van der Waals surface area contributed by atoms with Gasteiger partial charge in [0.25, 0.3) is 0 Å². The van der Waals surface area contributed by atoms with E-state index in [1.165, 1.54) is 77.2 Å². The van der Waals surface area contributed by atoms with Gasteiger partial charge >= 0.3 is 0 Å². The lowest BCUT2D eigenvalue weighted by molar-refractivity contribution is -0.919. The molecule has 0 fully saturated rings. The van der Waals surface area contributed by atoms with Crippen LogP contribution in [0, 0.1) is 12.8 Å². The van der Waals surface area contributed by atoms with E-state index in [1.807, 2.05) is 0 Å². The molecule has 0 saturated carbocycles. The van der Waals surface area contributed by atoms with Crippen molar-refractivity contribution in [1.29, 1.82) is 0 Å². The third-order valence-corrected chi connectivity index (χ3v) is 9.10. The number of hydrogen-bond donors (Lipinski definition) is 0. The lowest BCUT2D eigenvalue weighted by Crippen LogP contribution is -2.40. The molecule has 3 aliphatic rings. The fraction of sp³-hybridized carbons (Fsp3) is 0.132. The van der Waals surface area contributed by atoms with Gasteiger partial charge in [-0.1, -0.05) is 91.0 Å². The van der Waals surface area contributed by atoms with E-state index in [4.69, 9.17) is 0 Å². The Morgan fingerprint density at radius 1 is 0.692 bits per heavy atom. The van der Waals surface area contributed by atoms with Gasteiger partial charge in [0.2, 0.25) is 0 Å². The second-order valence-electron chi connectivity index (χ2n) is 11.6. The summed E-state index contributed by atoms with van der Waals surface area (Å²) in [7, 11) is 0. The van der Waals surface area contributed by atoms with Gasteiger partial charge in [-0.25, -0.2) is 4.48 Å². The van der Waals surface area contributed by atoms with Crippen molar-refractivity contribution in [3.63, 3.8) is 0 Å². The molecule has 2 aliphatic heterocycles. The molecule has 0 saturated heterocycles. The molecular weight excluding hydrogens is 470 g/mol. The maximum atomic E-state index is 2.63. The van der Waals surface area contributed by atoms with E-state index in [1.54, 1.807) is 0 Å². The third kappa shape index (κ3) is 3.40. The maximum absolute atomic E-state index is 2.63. The van der Waals surface area contributed by atoms with Crippen LogP contribution in [0.2, 0.25) is 0 Å². The van der Waals surface area contributed by atoms with Gasteiger partial charge in [-0.2, -0.15) is 0 Å². The Kier molecular flexibility index (Phi) is 4.84. The SMILES string of the molecule is Cc1cc2ccccc2c2c1C[N+]1(C=C3C2=c2ccccc2=C[C+]3C)Cc2ccccc2-c2ccccc2C1. The van der Waals surface area contributed by atoms with Crippen LogP contribution in [0.25, 0.3) is 33.5 Å². The fourth-order valence-electron chi connectivity index (χ4n) is 7.37. The van der Waals surface area contributed by atoms with E-state index in [2.05, 4.69) is 129 Å². The average Bonchev–Trinajstić information content (AvgIpc) is 3.19. The summed E-state index contributed by atoms with van der Waals surface area (Å²) in [5.74, 6) is 1.35. The van der Waals surface area contributed by atoms with E-state index in [-0.39, 0.29) is 0 Å². The van der Waals surface area contributed by atoms with E-state index >= 15 is 0 Å². The Hall–Kier alpha value is -4.33. The molecule has 0 bridgehead atoms. The molecule has 0 aromatic heterocycles. The molecule has 1 heteroatoms. The van der Waals surface area contributed by atoms with Crippen LogP contribution in [0.5, 0.6) is 0 Å². The van der Waals surface area contributed by atoms with Gasteiger partial charge in [0.15, 0.2) is 11.8 Å². The Labute approximate surface area is 230 Å². The third-order valence-electron chi connectivity index (χ3n) is 9.10. The zero-order chi connectivity index (χ0) is 26.1. The highest BCUT2D eigenvalue weighted by Gasteiger charge is 2.43. The summed E-state index contributed by atoms with van der Waals surface area (Å²) in [4.78, 5) is 0. The summed E-state index contributed by atoms with van der Waals surface area (Å²) in [6.45, 7) is 7.55. The van der Waals surface area contributed by atoms with Crippen LogP contribution in [-0.4, -0.2) is 4.48 Å². The topological polar surface area (TPSA) is 0 Å². The molecule has 186 valence electrons. The molecule has 5 aromatic carbocycles. The lowest BCUT2D eigenvalue weighted by atomic mass is 9.80. The predicted molar refractivity (Wildman–Crippen MR) is 162 cm³/mol. The van der Waals surface area contributed by atoms with Crippen molar-refractivity contribution in [3.8, 4) is 11.1 Å². The zero-order valence-electron chi connectivity index (χ0n) is 22.5. The molecule has 0 N–H and O–H groups in total. The largest absolute Gasteiger partial charge is 0.248 e. The summed E-state index contributed by atoms with van der Waals surface area (Å²) in [6, 6.07) is 38.5. The summed E-state index contributed by atoms with van der Waals surface area (Å²) in [6.07, 6.45) is 5.02. The Bertz CT molecular complexity index is 1930.